The first-order valence-electron chi connectivity index (χ1n) is 13.2. The number of hydrogen-bond donors (Lipinski definition) is 2. The fourth-order valence-corrected chi connectivity index (χ4v) is 6.01. The molecule has 0 saturated carbocycles. The van der Waals surface area contributed by atoms with Gasteiger partial charge in [-0.2, -0.15) is 13.2 Å². The van der Waals surface area contributed by atoms with Gasteiger partial charge in [0.25, 0.3) is 11.5 Å². The van der Waals surface area contributed by atoms with Crippen LogP contribution < -0.4 is 10.1 Å². The van der Waals surface area contributed by atoms with E-state index in [4.69, 9.17) is 14.2 Å². The number of methoxy groups -OCH3 is 2. The Labute approximate surface area is 231 Å². The van der Waals surface area contributed by atoms with E-state index < -0.39 is 29.2 Å². The summed E-state index contributed by atoms with van der Waals surface area (Å²) in [6.07, 6.45) is -5.00. The van der Waals surface area contributed by atoms with Crippen molar-refractivity contribution in [2.45, 2.75) is 43.1 Å². The van der Waals surface area contributed by atoms with Crippen molar-refractivity contribution >= 4 is 11.8 Å². The Kier molecular flexibility index (Phi) is 9.06. The fourth-order valence-electron chi connectivity index (χ4n) is 6.01. The lowest BCUT2D eigenvalue weighted by Gasteiger charge is -2.50. The van der Waals surface area contributed by atoms with Crippen molar-refractivity contribution in [2.24, 2.45) is 5.41 Å². The number of ether oxygens (including phenoxy) is 3. The van der Waals surface area contributed by atoms with Gasteiger partial charge in [0, 0.05) is 51.8 Å². The van der Waals surface area contributed by atoms with Crippen LogP contribution in [-0.4, -0.2) is 81.2 Å². The third-order valence-electron chi connectivity index (χ3n) is 8.07. The van der Waals surface area contributed by atoms with E-state index in [0.29, 0.717) is 25.1 Å². The molecule has 2 aromatic rings. The van der Waals surface area contributed by atoms with Crippen LogP contribution in [0.4, 0.5) is 13.2 Å². The number of nitrogens with zero attached hydrogens (tertiary/aromatic N) is 1. The summed E-state index contributed by atoms with van der Waals surface area (Å²) in [6.45, 7) is 0.509. The van der Waals surface area contributed by atoms with Crippen LogP contribution in [0.15, 0.2) is 54.6 Å². The maximum absolute atomic E-state index is 14.5. The van der Waals surface area contributed by atoms with Gasteiger partial charge >= 0.3 is 6.18 Å². The minimum Gasteiger partial charge on any atom is -0.491 e. The quantitative estimate of drug-likeness (QED) is 0.485. The Balaban J connectivity index is 1.59. The normalized spacial score (nSPS) is 21.4. The summed E-state index contributed by atoms with van der Waals surface area (Å²) in [5.41, 5.74) is -3.18. The van der Waals surface area contributed by atoms with Gasteiger partial charge in [-0.25, -0.2) is 0 Å². The topological polar surface area (TPSA) is 97.3 Å². The van der Waals surface area contributed by atoms with Crippen molar-refractivity contribution in [1.82, 2.24) is 10.2 Å². The summed E-state index contributed by atoms with van der Waals surface area (Å²) < 4.78 is 59.4. The molecule has 40 heavy (non-hydrogen) atoms. The first-order chi connectivity index (χ1) is 19.1. The van der Waals surface area contributed by atoms with Gasteiger partial charge in [-0.3, -0.25) is 9.59 Å². The molecule has 2 amide bonds. The number of aliphatic hydroxyl groups is 1. The Morgan fingerprint density at radius 1 is 1.07 bits per heavy atom. The third kappa shape index (κ3) is 5.68. The summed E-state index contributed by atoms with van der Waals surface area (Å²) in [6, 6.07) is 14.3. The molecule has 1 spiro atoms. The Bertz CT molecular complexity index is 1170. The number of hydrogen-bond acceptors (Lipinski definition) is 6. The first kappa shape index (κ1) is 29.8. The van der Waals surface area contributed by atoms with Crippen molar-refractivity contribution in [3.8, 4) is 5.75 Å². The molecular formula is C29H35F3N2O6. The molecule has 2 aliphatic heterocycles. The van der Waals surface area contributed by atoms with Crippen molar-refractivity contribution in [3.63, 3.8) is 0 Å². The molecule has 0 aromatic heterocycles. The molecule has 4 rings (SSSR count). The molecule has 0 bridgehead atoms. The maximum Gasteiger partial charge on any atom is 0.430 e. The van der Waals surface area contributed by atoms with Crippen LogP contribution in [0.3, 0.4) is 0 Å². The summed E-state index contributed by atoms with van der Waals surface area (Å²) in [4.78, 5) is 27.4. The number of nitrogens with one attached hydrogen (secondary N) is 1. The number of halogens is 3. The number of amides is 2. The van der Waals surface area contributed by atoms with Crippen LogP contribution in [0, 0.1) is 5.41 Å². The Morgan fingerprint density at radius 3 is 2.35 bits per heavy atom. The predicted octanol–water partition coefficient (Wildman–Crippen LogP) is 3.39. The van der Waals surface area contributed by atoms with Crippen molar-refractivity contribution in [2.75, 3.05) is 47.1 Å². The molecule has 2 aliphatic rings. The summed E-state index contributed by atoms with van der Waals surface area (Å²) in [5, 5.41) is 13.0. The lowest BCUT2D eigenvalue weighted by Crippen LogP contribution is -2.60. The number of benzene rings is 2. The SMILES string of the molecule is COC[C@@H](O)COc1ccccc1C1CNC(=O)CC12CCN(C(=O)[C@](OC)(c1ccccc1)C(F)(F)F)CC2. The molecule has 11 heteroatoms. The second kappa shape index (κ2) is 12.2. The average molecular weight is 565 g/mol. The molecule has 2 N–H and O–H groups in total. The van der Waals surface area contributed by atoms with E-state index in [2.05, 4.69) is 5.32 Å². The number of aliphatic hydroxyl groups excluding tert-OH is 1. The van der Waals surface area contributed by atoms with Crippen molar-refractivity contribution in [3.05, 3.63) is 65.7 Å². The number of alkyl halides is 3. The number of para-hydroxylation sites is 1. The van der Waals surface area contributed by atoms with Gasteiger partial charge in [-0.1, -0.05) is 48.5 Å². The number of carbonyl (C=O) groups excluding carboxylic acids is 2. The highest BCUT2D eigenvalue weighted by molar-refractivity contribution is 5.88. The van der Waals surface area contributed by atoms with E-state index in [0.717, 1.165) is 12.7 Å². The van der Waals surface area contributed by atoms with Crippen molar-refractivity contribution in [1.29, 1.82) is 0 Å². The molecule has 218 valence electrons. The van der Waals surface area contributed by atoms with Crippen LogP contribution in [0.25, 0.3) is 0 Å². The Hall–Kier alpha value is -3.15. The monoisotopic (exact) mass is 564 g/mol. The lowest BCUT2D eigenvalue weighted by atomic mass is 9.62. The standard InChI is InChI=1S/C29H35F3N2O6/c1-38-18-21(35)19-40-24-11-7-6-10-22(24)23-17-33-25(36)16-27(23)12-14-34(15-13-27)26(37)28(39-2,29(30,31)32)20-8-4-3-5-9-20/h3-11,21,23,35H,12-19H2,1-2H3,(H,33,36)/t21-,23?,28-/m1/s1. The van der Waals surface area contributed by atoms with Crippen molar-refractivity contribution < 1.29 is 42.1 Å². The van der Waals surface area contributed by atoms with Gasteiger partial charge in [0.1, 0.15) is 18.5 Å². The predicted molar refractivity (Wildman–Crippen MR) is 140 cm³/mol. The summed E-state index contributed by atoms with van der Waals surface area (Å²) in [7, 11) is 2.37. The molecule has 3 atom stereocenters. The van der Waals surface area contributed by atoms with Gasteiger partial charge in [0.05, 0.1) is 6.61 Å². The minimum absolute atomic E-state index is 0.00917. The van der Waals surface area contributed by atoms with Gasteiger partial charge in [0.15, 0.2) is 0 Å². The van der Waals surface area contributed by atoms with Crippen LogP contribution >= 0.6 is 0 Å². The van der Waals surface area contributed by atoms with E-state index in [1.165, 1.54) is 36.3 Å². The highest BCUT2D eigenvalue weighted by atomic mass is 19.4. The molecule has 2 fully saturated rings. The molecule has 2 saturated heterocycles. The molecular weight excluding hydrogens is 529 g/mol. The van der Waals surface area contributed by atoms with E-state index in [1.807, 2.05) is 18.2 Å². The average Bonchev–Trinajstić information content (AvgIpc) is 2.93. The molecule has 2 heterocycles. The van der Waals surface area contributed by atoms with Crippen LogP contribution in [0.5, 0.6) is 5.75 Å². The molecule has 2 aromatic carbocycles. The second-order valence-electron chi connectivity index (χ2n) is 10.4. The largest absolute Gasteiger partial charge is 0.491 e. The van der Waals surface area contributed by atoms with Crippen LogP contribution in [0.1, 0.15) is 36.3 Å². The second-order valence-corrected chi connectivity index (χ2v) is 10.4. The zero-order chi connectivity index (χ0) is 29.0. The van der Waals surface area contributed by atoms with Gasteiger partial charge in [0.2, 0.25) is 5.91 Å². The van der Waals surface area contributed by atoms with E-state index in [-0.39, 0.29) is 50.1 Å². The third-order valence-corrected chi connectivity index (χ3v) is 8.07. The van der Waals surface area contributed by atoms with Gasteiger partial charge in [-0.15, -0.1) is 0 Å². The zero-order valence-corrected chi connectivity index (χ0v) is 22.6. The smallest absolute Gasteiger partial charge is 0.430 e. The highest BCUT2D eigenvalue weighted by Crippen LogP contribution is 2.52. The number of likely N-dealkylation sites (tertiary alicyclic amines) is 1. The fraction of sp³-hybridized carbons (Fsp3) is 0.517. The minimum atomic E-state index is -4.99. The Morgan fingerprint density at radius 2 is 1.73 bits per heavy atom. The maximum atomic E-state index is 14.5. The molecule has 8 nitrogen and oxygen atoms in total. The van der Waals surface area contributed by atoms with E-state index in [1.54, 1.807) is 12.1 Å². The lowest BCUT2D eigenvalue weighted by molar-refractivity contribution is -0.271. The highest BCUT2D eigenvalue weighted by Gasteiger charge is 2.64. The number of rotatable bonds is 9. The summed E-state index contributed by atoms with van der Waals surface area (Å²) in [5.74, 6) is -0.967. The van der Waals surface area contributed by atoms with Crippen LogP contribution in [-0.2, 0) is 24.7 Å². The van der Waals surface area contributed by atoms with Gasteiger partial charge in [-0.05, 0) is 29.9 Å². The summed E-state index contributed by atoms with van der Waals surface area (Å²) >= 11 is 0. The molecule has 1 unspecified atom stereocenters. The number of carbonyl (C=O) groups is 2. The van der Waals surface area contributed by atoms with E-state index >= 15 is 0 Å². The molecule has 0 radical (unpaired) electrons. The van der Waals surface area contributed by atoms with Gasteiger partial charge < -0.3 is 29.5 Å². The zero-order valence-electron chi connectivity index (χ0n) is 22.6. The van der Waals surface area contributed by atoms with E-state index in [9.17, 15) is 27.9 Å². The first-order valence-corrected chi connectivity index (χ1v) is 13.2. The number of piperidine rings is 2. The molecule has 0 aliphatic carbocycles. The van der Waals surface area contributed by atoms with Crippen LogP contribution in [0.2, 0.25) is 0 Å².